The lowest BCUT2D eigenvalue weighted by Gasteiger charge is -2.29. The van der Waals surface area contributed by atoms with Crippen LogP contribution in [0.2, 0.25) is 0 Å². The number of oxazole rings is 1. The van der Waals surface area contributed by atoms with Crippen molar-refractivity contribution in [3.63, 3.8) is 0 Å². The van der Waals surface area contributed by atoms with Gasteiger partial charge in [-0.2, -0.15) is 0 Å². The molecule has 5 aromatic carbocycles. The third-order valence-corrected chi connectivity index (χ3v) is 9.52. The molecule has 0 N–H and O–H groups in total. The predicted octanol–water partition coefficient (Wildman–Crippen LogP) is 11.6. The molecule has 2 unspecified atom stereocenters. The molecule has 9 rings (SSSR count). The van der Waals surface area contributed by atoms with Crippen LogP contribution in [0.5, 0.6) is 0 Å². The normalized spacial score (nSPS) is 16.9. The van der Waals surface area contributed by atoms with Crippen molar-refractivity contribution in [2.24, 2.45) is 0 Å². The maximum absolute atomic E-state index is 6.35. The van der Waals surface area contributed by atoms with E-state index >= 15 is 0 Å². The van der Waals surface area contributed by atoms with Crippen LogP contribution in [0.1, 0.15) is 29.7 Å². The second kappa shape index (κ2) is 10.9. The molecule has 0 saturated heterocycles. The minimum Gasteiger partial charge on any atom is -0.460 e. The quantitative estimate of drug-likeness (QED) is 0.176. The van der Waals surface area contributed by atoms with Gasteiger partial charge >= 0.3 is 0 Å². The van der Waals surface area contributed by atoms with Crippen molar-refractivity contribution < 1.29 is 8.83 Å². The van der Waals surface area contributed by atoms with Crippen LogP contribution in [-0.2, 0) is 6.42 Å². The molecule has 0 bridgehead atoms. The van der Waals surface area contributed by atoms with Crippen LogP contribution in [0.25, 0.3) is 61.5 Å². The van der Waals surface area contributed by atoms with Gasteiger partial charge in [0, 0.05) is 34.5 Å². The Morgan fingerprint density at radius 2 is 1.57 bits per heavy atom. The number of furan rings is 1. The van der Waals surface area contributed by atoms with Crippen molar-refractivity contribution in [2.45, 2.75) is 25.3 Å². The van der Waals surface area contributed by atoms with Crippen molar-refractivity contribution in [3.8, 4) is 22.6 Å². The minimum absolute atomic E-state index is 0.184. The molecule has 0 amide bonds. The Hall–Kier alpha value is -5.87. The molecule has 1 aliphatic heterocycles. The molecule has 0 radical (unpaired) electrons. The smallest absolute Gasteiger partial charge is 0.227 e. The van der Waals surface area contributed by atoms with Gasteiger partial charge in [-0.25, -0.2) is 4.98 Å². The van der Waals surface area contributed by atoms with E-state index in [0.717, 1.165) is 44.6 Å². The van der Waals surface area contributed by atoms with Gasteiger partial charge in [0.25, 0.3) is 0 Å². The molecular weight excluding hydrogens is 576 g/mol. The average molecular weight is 609 g/mol. The molecular formula is C43H32N2O2. The number of anilines is 2. The van der Waals surface area contributed by atoms with Crippen LogP contribution in [0.15, 0.2) is 149 Å². The highest BCUT2D eigenvalue weighted by atomic mass is 16.4. The lowest BCUT2D eigenvalue weighted by atomic mass is 9.87. The van der Waals surface area contributed by atoms with E-state index in [9.17, 15) is 0 Å². The highest BCUT2D eigenvalue weighted by Gasteiger charge is 2.39. The van der Waals surface area contributed by atoms with Gasteiger partial charge in [0.05, 0.1) is 17.1 Å². The lowest BCUT2D eigenvalue weighted by molar-refractivity contribution is 0.564. The third kappa shape index (κ3) is 4.25. The van der Waals surface area contributed by atoms with Gasteiger partial charge in [-0.1, -0.05) is 97.1 Å². The Morgan fingerprint density at radius 3 is 2.38 bits per heavy atom. The van der Waals surface area contributed by atoms with Crippen molar-refractivity contribution in [1.82, 2.24) is 4.98 Å². The number of fused-ring (bicyclic) bond motifs is 8. The standard InChI is InChI=1S/C43H32N2O2/c1-3-12-33-37(13-4-2)46-38-24-25-39-41(40(33)38)44-43(47-39)28-20-22-29(23-21-28)45-36-19-11-10-17-31(36)35-26-34(27-14-6-5-7-15-27)30-16-8-9-18-32(30)42(35)45/h3-12,14-26,31,36H,2,13H2,1H3/b12-3-. The average Bonchev–Trinajstić information content (AvgIpc) is 3.81. The Labute approximate surface area is 273 Å². The van der Waals surface area contributed by atoms with E-state index in [-0.39, 0.29) is 12.0 Å². The third-order valence-electron chi connectivity index (χ3n) is 9.52. The first-order chi connectivity index (χ1) is 23.2. The van der Waals surface area contributed by atoms with Crippen LogP contribution in [0, 0.1) is 0 Å². The summed E-state index contributed by atoms with van der Waals surface area (Å²) in [7, 11) is 0. The van der Waals surface area contributed by atoms with Crippen LogP contribution in [0.3, 0.4) is 0 Å². The van der Waals surface area contributed by atoms with Crippen LogP contribution >= 0.6 is 0 Å². The molecule has 2 aromatic heterocycles. The largest absolute Gasteiger partial charge is 0.460 e. The van der Waals surface area contributed by atoms with Crippen molar-refractivity contribution in [1.29, 1.82) is 0 Å². The fraction of sp³-hybridized carbons (Fsp3) is 0.0930. The Balaban J connectivity index is 1.16. The molecule has 0 spiro atoms. The monoisotopic (exact) mass is 608 g/mol. The fourth-order valence-electron chi connectivity index (χ4n) is 7.50. The summed E-state index contributed by atoms with van der Waals surface area (Å²) in [6.07, 6.45) is 15.7. The number of hydrogen-bond donors (Lipinski definition) is 0. The molecule has 2 aliphatic rings. The van der Waals surface area contributed by atoms with Crippen molar-refractivity contribution in [2.75, 3.05) is 4.90 Å². The zero-order valence-electron chi connectivity index (χ0n) is 26.1. The van der Waals surface area contributed by atoms with Gasteiger partial charge < -0.3 is 13.7 Å². The fourth-order valence-corrected chi connectivity index (χ4v) is 7.50. The van der Waals surface area contributed by atoms with Gasteiger partial charge in [-0.15, -0.1) is 6.58 Å². The maximum atomic E-state index is 6.35. The first-order valence-corrected chi connectivity index (χ1v) is 16.2. The molecule has 0 saturated carbocycles. The molecule has 4 heteroatoms. The van der Waals surface area contributed by atoms with E-state index in [0.29, 0.717) is 12.3 Å². The first kappa shape index (κ1) is 27.4. The van der Waals surface area contributed by atoms with E-state index < -0.39 is 0 Å². The van der Waals surface area contributed by atoms with Crippen LogP contribution in [0.4, 0.5) is 11.4 Å². The van der Waals surface area contributed by atoms with Gasteiger partial charge in [-0.05, 0) is 71.5 Å². The van der Waals surface area contributed by atoms with Gasteiger partial charge in [-0.3, -0.25) is 0 Å². The maximum Gasteiger partial charge on any atom is 0.227 e. The first-order valence-electron chi connectivity index (χ1n) is 16.2. The van der Waals surface area contributed by atoms with E-state index in [2.05, 4.69) is 127 Å². The highest BCUT2D eigenvalue weighted by Crippen LogP contribution is 2.53. The zero-order valence-corrected chi connectivity index (χ0v) is 26.1. The van der Waals surface area contributed by atoms with E-state index in [4.69, 9.17) is 13.8 Å². The Bertz CT molecular complexity index is 2420. The van der Waals surface area contributed by atoms with Gasteiger partial charge in [0.2, 0.25) is 5.89 Å². The minimum atomic E-state index is 0.184. The highest BCUT2D eigenvalue weighted by molar-refractivity contribution is 6.08. The Kier molecular flexibility index (Phi) is 6.36. The summed E-state index contributed by atoms with van der Waals surface area (Å²) in [6.45, 7) is 5.92. The van der Waals surface area contributed by atoms with E-state index in [1.54, 1.807) is 0 Å². The summed E-state index contributed by atoms with van der Waals surface area (Å²) in [4.78, 5) is 7.52. The number of benzene rings is 5. The van der Waals surface area contributed by atoms with Crippen molar-refractivity contribution in [3.05, 3.63) is 157 Å². The molecule has 4 nitrogen and oxygen atoms in total. The predicted molar refractivity (Wildman–Crippen MR) is 194 cm³/mol. The molecule has 3 heterocycles. The molecule has 226 valence electrons. The summed E-state index contributed by atoms with van der Waals surface area (Å²) in [5.41, 5.74) is 10.6. The van der Waals surface area contributed by atoms with Crippen LogP contribution in [-0.4, -0.2) is 11.0 Å². The molecule has 1 aliphatic carbocycles. The summed E-state index contributed by atoms with van der Waals surface area (Å²) in [6, 6.07) is 34.7. The summed E-state index contributed by atoms with van der Waals surface area (Å²) < 4.78 is 12.6. The van der Waals surface area contributed by atoms with Crippen molar-refractivity contribution >= 4 is 50.3 Å². The SMILES string of the molecule is C=CCc1oc2ccc3oc(-c4ccc(N5c6c(cc(-c7ccccc7)c7ccccc67)C6C=CC=CC65)cc4)nc3c2c1/C=C\C. The van der Waals surface area contributed by atoms with Crippen LogP contribution < -0.4 is 4.90 Å². The number of allylic oxidation sites excluding steroid dienone is 4. The Morgan fingerprint density at radius 1 is 0.809 bits per heavy atom. The molecule has 7 aromatic rings. The van der Waals surface area contributed by atoms with Gasteiger partial charge in [0.1, 0.15) is 16.9 Å². The number of nitrogens with zero attached hydrogens (tertiary/aromatic N) is 2. The second-order valence-electron chi connectivity index (χ2n) is 12.2. The lowest BCUT2D eigenvalue weighted by Crippen LogP contribution is -2.28. The number of rotatable bonds is 6. The molecule has 0 fully saturated rings. The number of aromatic nitrogens is 1. The van der Waals surface area contributed by atoms with E-state index in [1.165, 1.54) is 33.2 Å². The summed E-state index contributed by atoms with van der Waals surface area (Å²) in [5.74, 6) is 1.73. The molecule has 2 atom stereocenters. The second-order valence-corrected chi connectivity index (χ2v) is 12.2. The number of hydrogen-bond acceptors (Lipinski definition) is 4. The van der Waals surface area contributed by atoms with Gasteiger partial charge in [0.15, 0.2) is 5.58 Å². The summed E-state index contributed by atoms with van der Waals surface area (Å²) >= 11 is 0. The zero-order chi connectivity index (χ0) is 31.5. The summed E-state index contributed by atoms with van der Waals surface area (Å²) in [5, 5.41) is 3.50. The topological polar surface area (TPSA) is 42.4 Å². The molecule has 47 heavy (non-hydrogen) atoms. The van der Waals surface area contributed by atoms with E-state index in [1.807, 2.05) is 31.2 Å².